The second-order valence-corrected chi connectivity index (χ2v) is 3.85. The topological polar surface area (TPSA) is 61.8 Å². The summed E-state index contributed by atoms with van der Waals surface area (Å²) in [7, 11) is 0. The fraction of sp³-hybridized carbons (Fsp3) is 0.571. The molecule has 0 bridgehead atoms. The minimum absolute atomic E-state index is 0.0637. The molecule has 0 aliphatic rings. The molecule has 0 saturated carbocycles. The molecule has 0 amide bonds. The van der Waals surface area contributed by atoms with Gasteiger partial charge in [0.2, 0.25) is 0 Å². The molecular formula is C14H20O5. The smallest absolute Gasteiger partial charge is 0.384 e. The second kappa shape index (κ2) is 10.0. The lowest BCUT2D eigenvalue weighted by Gasteiger charge is -2.13. The zero-order chi connectivity index (χ0) is 14.7. The Kier molecular flexibility index (Phi) is 8.98. The predicted molar refractivity (Wildman–Crippen MR) is 69.9 cm³/mol. The van der Waals surface area contributed by atoms with E-state index >= 15 is 0 Å². The fourth-order valence-electron chi connectivity index (χ4n) is 1.02. The van der Waals surface area contributed by atoms with Crippen LogP contribution in [0.1, 0.15) is 27.7 Å². The molecule has 0 aromatic heterocycles. The molecule has 5 heteroatoms. The van der Waals surface area contributed by atoms with Gasteiger partial charge < -0.3 is 14.2 Å². The van der Waals surface area contributed by atoms with Crippen LogP contribution in [0.2, 0.25) is 0 Å². The van der Waals surface area contributed by atoms with Crippen molar-refractivity contribution in [1.82, 2.24) is 0 Å². The lowest BCUT2D eigenvalue weighted by atomic mass is 10.1. The van der Waals surface area contributed by atoms with Gasteiger partial charge in [-0.1, -0.05) is 13.8 Å². The SMILES string of the molecule is CCOC(=O)C#CC(O/C=C/C(=O)OCC)C(C)C. The molecule has 19 heavy (non-hydrogen) atoms. The summed E-state index contributed by atoms with van der Waals surface area (Å²) in [5.41, 5.74) is 0. The van der Waals surface area contributed by atoms with Crippen LogP contribution < -0.4 is 0 Å². The molecule has 0 aliphatic heterocycles. The average Bonchev–Trinajstić information content (AvgIpc) is 2.33. The van der Waals surface area contributed by atoms with Crippen LogP contribution in [0.15, 0.2) is 12.3 Å². The molecule has 1 unspecified atom stereocenters. The van der Waals surface area contributed by atoms with E-state index in [1.165, 1.54) is 12.3 Å². The lowest BCUT2D eigenvalue weighted by molar-refractivity contribution is -0.137. The molecule has 0 heterocycles. The molecule has 1 atom stereocenters. The first-order valence-corrected chi connectivity index (χ1v) is 6.18. The summed E-state index contributed by atoms with van der Waals surface area (Å²) in [5, 5.41) is 0. The van der Waals surface area contributed by atoms with Gasteiger partial charge in [-0.15, -0.1) is 0 Å². The van der Waals surface area contributed by atoms with Gasteiger partial charge in [0.25, 0.3) is 0 Å². The maximum atomic E-state index is 11.1. The van der Waals surface area contributed by atoms with Crippen LogP contribution in [0.3, 0.4) is 0 Å². The van der Waals surface area contributed by atoms with Crippen molar-refractivity contribution in [3.63, 3.8) is 0 Å². The van der Waals surface area contributed by atoms with Crippen molar-refractivity contribution >= 4 is 11.9 Å². The molecule has 0 fully saturated rings. The Balaban J connectivity index is 4.42. The maximum absolute atomic E-state index is 11.1. The Morgan fingerprint density at radius 1 is 1.16 bits per heavy atom. The minimum Gasteiger partial charge on any atom is -0.485 e. The molecule has 0 rings (SSSR count). The van der Waals surface area contributed by atoms with Crippen LogP contribution in [-0.2, 0) is 23.8 Å². The first kappa shape index (κ1) is 17.0. The van der Waals surface area contributed by atoms with Crippen LogP contribution >= 0.6 is 0 Å². The molecule has 106 valence electrons. The summed E-state index contributed by atoms with van der Waals surface area (Å²) in [4.78, 5) is 22.1. The second-order valence-electron chi connectivity index (χ2n) is 3.85. The Labute approximate surface area is 113 Å². The van der Waals surface area contributed by atoms with Gasteiger partial charge in [0.05, 0.1) is 25.6 Å². The summed E-state index contributed by atoms with van der Waals surface area (Å²) in [6.07, 6.45) is 1.91. The van der Waals surface area contributed by atoms with E-state index in [0.29, 0.717) is 6.61 Å². The van der Waals surface area contributed by atoms with Crippen LogP contribution in [0.5, 0.6) is 0 Å². The first-order valence-electron chi connectivity index (χ1n) is 6.18. The standard InChI is InChI=1S/C14H20O5/c1-5-17-13(15)8-7-12(11(3)4)19-10-9-14(16)18-6-2/h9-12H,5-6H2,1-4H3/b10-9+. The van der Waals surface area contributed by atoms with Crippen molar-refractivity contribution in [2.45, 2.75) is 33.8 Å². The van der Waals surface area contributed by atoms with E-state index in [-0.39, 0.29) is 12.5 Å². The van der Waals surface area contributed by atoms with E-state index in [9.17, 15) is 9.59 Å². The van der Waals surface area contributed by atoms with E-state index in [4.69, 9.17) is 9.47 Å². The third kappa shape index (κ3) is 8.72. The Bertz CT molecular complexity index is 373. The van der Waals surface area contributed by atoms with Crippen LogP contribution in [0.25, 0.3) is 0 Å². The lowest BCUT2D eigenvalue weighted by Crippen LogP contribution is -2.16. The van der Waals surface area contributed by atoms with Gasteiger partial charge in [0.1, 0.15) is 0 Å². The number of hydrogen-bond donors (Lipinski definition) is 0. The van der Waals surface area contributed by atoms with Gasteiger partial charge >= 0.3 is 11.9 Å². The van der Waals surface area contributed by atoms with E-state index in [0.717, 1.165) is 0 Å². The van der Waals surface area contributed by atoms with E-state index in [2.05, 4.69) is 16.6 Å². The normalized spacial score (nSPS) is 11.6. The molecule has 0 aliphatic carbocycles. The van der Waals surface area contributed by atoms with Crippen molar-refractivity contribution in [2.75, 3.05) is 13.2 Å². The summed E-state index contributed by atoms with van der Waals surface area (Å²) in [6, 6.07) is 0. The van der Waals surface area contributed by atoms with Gasteiger partial charge in [-0.3, -0.25) is 0 Å². The van der Waals surface area contributed by atoms with Crippen molar-refractivity contribution in [3.8, 4) is 11.8 Å². The van der Waals surface area contributed by atoms with Gasteiger partial charge in [-0.05, 0) is 19.8 Å². The van der Waals surface area contributed by atoms with E-state index < -0.39 is 18.0 Å². The van der Waals surface area contributed by atoms with Crippen molar-refractivity contribution in [3.05, 3.63) is 12.3 Å². The highest BCUT2D eigenvalue weighted by molar-refractivity contribution is 5.88. The van der Waals surface area contributed by atoms with Crippen molar-refractivity contribution in [2.24, 2.45) is 5.92 Å². The maximum Gasteiger partial charge on any atom is 0.384 e. The summed E-state index contributed by atoms with van der Waals surface area (Å²) in [6.45, 7) is 7.79. The number of esters is 2. The number of carbonyl (C=O) groups excluding carboxylic acids is 2. The molecule has 0 N–H and O–H groups in total. The van der Waals surface area contributed by atoms with E-state index in [1.54, 1.807) is 13.8 Å². The summed E-state index contributed by atoms with van der Waals surface area (Å²) in [5.74, 6) is 3.99. The molecule has 0 spiro atoms. The zero-order valence-electron chi connectivity index (χ0n) is 11.8. The molecule has 0 aromatic carbocycles. The summed E-state index contributed by atoms with van der Waals surface area (Å²) < 4.78 is 14.7. The predicted octanol–water partition coefficient (Wildman–Crippen LogP) is 1.67. The Hall–Kier alpha value is -1.96. The average molecular weight is 268 g/mol. The highest BCUT2D eigenvalue weighted by Crippen LogP contribution is 2.06. The van der Waals surface area contributed by atoms with Crippen LogP contribution in [0.4, 0.5) is 0 Å². The number of rotatable bonds is 6. The van der Waals surface area contributed by atoms with Crippen molar-refractivity contribution in [1.29, 1.82) is 0 Å². The number of hydrogen-bond acceptors (Lipinski definition) is 5. The van der Waals surface area contributed by atoms with Gasteiger partial charge in [-0.2, -0.15) is 0 Å². The quantitative estimate of drug-likeness (QED) is 0.241. The highest BCUT2D eigenvalue weighted by atomic mass is 16.5. The third-order valence-electron chi connectivity index (χ3n) is 1.91. The molecule has 5 nitrogen and oxygen atoms in total. The van der Waals surface area contributed by atoms with Gasteiger partial charge in [-0.25, -0.2) is 9.59 Å². The zero-order valence-corrected chi connectivity index (χ0v) is 11.8. The highest BCUT2D eigenvalue weighted by Gasteiger charge is 2.10. The molecule has 0 saturated heterocycles. The summed E-state index contributed by atoms with van der Waals surface area (Å²) >= 11 is 0. The van der Waals surface area contributed by atoms with Gasteiger partial charge in [0, 0.05) is 11.8 Å². The number of carbonyl (C=O) groups is 2. The van der Waals surface area contributed by atoms with Crippen LogP contribution in [0, 0.1) is 17.8 Å². The minimum atomic E-state index is -0.592. The molecule has 0 aromatic rings. The monoisotopic (exact) mass is 268 g/mol. The number of ether oxygens (including phenoxy) is 3. The Morgan fingerprint density at radius 3 is 2.32 bits per heavy atom. The first-order chi connectivity index (χ1) is 9.01. The third-order valence-corrected chi connectivity index (χ3v) is 1.91. The molecular weight excluding hydrogens is 248 g/mol. The van der Waals surface area contributed by atoms with Gasteiger partial charge in [0.15, 0.2) is 6.10 Å². The molecule has 0 radical (unpaired) electrons. The van der Waals surface area contributed by atoms with Crippen molar-refractivity contribution < 1.29 is 23.8 Å². The largest absolute Gasteiger partial charge is 0.485 e. The Morgan fingerprint density at radius 2 is 1.79 bits per heavy atom. The van der Waals surface area contributed by atoms with Crippen LogP contribution in [-0.4, -0.2) is 31.3 Å². The van der Waals surface area contributed by atoms with E-state index in [1.807, 2.05) is 13.8 Å². The fourth-order valence-corrected chi connectivity index (χ4v) is 1.02.